The van der Waals surface area contributed by atoms with Gasteiger partial charge in [-0.2, -0.15) is 5.21 Å². The summed E-state index contributed by atoms with van der Waals surface area (Å²) in [5, 5.41) is 20.5. The summed E-state index contributed by atoms with van der Waals surface area (Å²) < 4.78 is 4.77. The molecule has 0 bridgehead atoms. The smallest absolute Gasteiger partial charge is 0.261 e. The number of anilines is 1. The highest BCUT2D eigenvalue weighted by molar-refractivity contribution is 6.31. The Morgan fingerprint density at radius 1 is 1.45 bits per heavy atom. The van der Waals surface area contributed by atoms with Gasteiger partial charge in [0.15, 0.2) is 0 Å². The van der Waals surface area contributed by atoms with Crippen molar-refractivity contribution in [3.63, 3.8) is 0 Å². The van der Waals surface area contributed by atoms with Gasteiger partial charge in [0.1, 0.15) is 17.5 Å². The number of aromatic amines is 1. The van der Waals surface area contributed by atoms with Crippen LogP contribution in [0, 0.1) is 0 Å². The van der Waals surface area contributed by atoms with Crippen molar-refractivity contribution in [2.45, 2.75) is 0 Å². The maximum Gasteiger partial charge on any atom is 0.261 e. The molecule has 0 saturated carbocycles. The lowest BCUT2D eigenvalue weighted by molar-refractivity contribution is 0.102. The van der Waals surface area contributed by atoms with Crippen LogP contribution in [0.25, 0.3) is 17.5 Å². The number of carbonyl (C=O) groups excluding carboxylic acids is 1. The van der Waals surface area contributed by atoms with Crippen molar-refractivity contribution in [2.75, 3.05) is 5.32 Å². The number of aromatic nitrogens is 5. The highest BCUT2D eigenvalue weighted by Crippen LogP contribution is 2.28. The standard InChI is InChI=1S/C13H9ClN6O2/c1-2-10-9(6-22-18-10)13(21)15-11-5-7(14)3-4-8(11)12-16-19-20-17-12/h2-6H,1H2,(H,15,21)(H,16,17,19,20). The molecule has 0 aliphatic heterocycles. The first-order valence-corrected chi connectivity index (χ1v) is 6.48. The Morgan fingerprint density at radius 3 is 3.05 bits per heavy atom. The first-order valence-electron chi connectivity index (χ1n) is 6.10. The van der Waals surface area contributed by atoms with Gasteiger partial charge in [0, 0.05) is 10.6 Å². The molecule has 0 aliphatic rings. The average molecular weight is 317 g/mol. The number of halogens is 1. The third-order valence-corrected chi connectivity index (χ3v) is 3.09. The minimum absolute atomic E-state index is 0.258. The van der Waals surface area contributed by atoms with E-state index in [2.05, 4.69) is 37.7 Å². The normalized spacial score (nSPS) is 10.4. The number of nitrogens with one attached hydrogen (secondary N) is 2. The van der Waals surface area contributed by atoms with Crippen molar-refractivity contribution < 1.29 is 9.32 Å². The SMILES string of the molecule is C=Cc1nocc1C(=O)Nc1cc(Cl)ccc1-c1nn[nH]n1. The predicted octanol–water partition coefficient (Wildman–Crippen LogP) is 2.40. The molecule has 110 valence electrons. The number of tetrazole rings is 1. The van der Waals surface area contributed by atoms with E-state index in [-0.39, 0.29) is 5.56 Å². The average Bonchev–Trinajstić information content (AvgIpc) is 3.18. The number of carbonyl (C=O) groups is 1. The second kappa shape index (κ2) is 5.78. The summed E-state index contributed by atoms with van der Waals surface area (Å²) in [5.74, 6) is -0.0793. The van der Waals surface area contributed by atoms with Crippen LogP contribution in [0.15, 0.2) is 35.6 Å². The molecule has 2 aromatic heterocycles. The van der Waals surface area contributed by atoms with Gasteiger partial charge in [0.2, 0.25) is 5.82 Å². The predicted molar refractivity (Wildman–Crippen MR) is 79.2 cm³/mol. The molecule has 0 atom stereocenters. The van der Waals surface area contributed by atoms with Crippen LogP contribution in [-0.4, -0.2) is 31.7 Å². The molecule has 3 aromatic rings. The Bertz CT molecular complexity index is 827. The number of rotatable bonds is 4. The zero-order chi connectivity index (χ0) is 15.5. The first-order chi connectivity index (χ1) is 10.7. The summed E-state index contributed by atoms with van der Waals surface area (Å²) in [7, 11) is 0. The van der Waals surface area contributed by atoms with E-state index >= 15 is 0 Å². The Labute approximate surface area is 129 Å². The maximum atomic E-state index is 12.3. The quantitative estimate of drug-likeness (QED) is 0.764. The highest BCUT2D eigenvalue weighted by atomic mass is 35.5. The number of benzene rings is 1. The number of nitrogens with zero attached hydrogens (tertiary/aromatic N) is 4. The fourth-order valence-electron chi connectivity index (χ4n) is 1.84. The van der Waals surface area contributed by atoms with E-state index in [0.29, 0.717) is 27.8 Å². The molecule has 8 nitrogen and oxygen atoms in total. The van der Waals surface area contributed by atoms with Crippen molar-refractivity contribution in [2.24, 2.45) is 0 Å². The van der Waals surface area contributed by atoms with E-state index < -0.39 is 5.91 Å². The van der Waals surface area contributed by atoms with E-state index in [1.54, 1.807) is 18.2 Å². The van der Waals surface area contributed by atoms with Crippen LogP contribution in [0.4, 0.5) is 5.69 Å². The lowest BCUT2D eigenvalue weighted by Gasteiger charge is -2.08. The molecule has 22 heavy (non-hydrogen) atoms. The summed E-state index contributed by atoms with van der Waals surface area (Å²) >= 11 is 5.98. The van der Waals surface area contributed by atoms with Gasteiger partial charge < -0.3 is 9.84 Å². The zero-order valence-electron chi connectivity index (χ0n) is 11.1. The minimum Gasteiger partial charge on any atom is -0.363 e. The van der Waals surface area contributed by atoms with Crippen molar-refractivity contribution in [3.8, 4) is 11.4 Å². The van der Waals surface area contributed by atoms with Crippen LogP contribution in [0.5, 0.6) is 0 Å². The van der Waals surface area contributed by atoms with Gasteiger partial charge in [-0.25, -0.2) is 0 Å². The molecule has 1 aromatic carbocycles. The summed E-state index contributed by atoms with van der Waals surface area (Å²) in [6.45, 7) is 3.57. The summed E-state index contributed by atoms with van der Waals surface area (Å²) in [6, 6.07) is 4.94. The Kier molecular flexibility index (Phi) is 3.67. The maximum absolute atomic E-state index is 12.3. The fourth-order valence-corrected chi connectivity index (χ4v) is 2.01. The second-order valence-electron chi connectivity index (χ2n) is 4.20. The van der Waals surface area contributed by atoms with Crippen molar-refractivity contribution >= 4 is 29.3 Å². The van der Waals surface area contributed by atoms with E-state index in [1.165, 1.54) is 12.3 Å². The zero-order valence-corrected chi connectivity index (χ0v) is 11.8. The topological polar surface area (TPSA) is 110 Å². The molecule has 3 rings (SSSR count). The number of hydrogen-bond acceptors (Lipinski definition) is 6. The van der Waals surface area contributed by atoms with Crippen molar-refractivity contribution in [1.82, 2.24) is 25.8 Å². The van der Waals surface area contributed by atoms with Gasteiger partial charge >= 0.3 is 0 Å². The van der Waals surface area contributed by atoms with E-state index in [0.717, 1.165) is 0 Å². The Balaban J connectivity index is 1.97. The van der Waals surface area contributed by atoms with Crippen LogP contribution in [0.3, 0.4) is 0 Å². The second-order valence-corrected chi connectivity index (χ2v) is 4.63. The van der Waals surface area contributed by atoms with Crippen LogP contribution in [0.2, 0.25) is 5.02 Å². The molecule has 0 unspecified atom stereocenters. The highest BCUT2D eigenvalue weighted by Gasteiger charge is 2.17. The van der Waals surface area contributed by atoms with Crippen LogP contribution in [0.1, 0.15) is 16.1 Å². The van der Waals surface area contributed by atoms with Gasteiger partial charge in [-0.05, 0) is 29.5 Å². The molecule has 0 aliphatic carbocycles. The molecule has 0 saturated heterocycles. The van der Waals surface area contributed by atoms with Gasteiger partial charge in [-0.1, -0.05) is 23.3 Å². The number of hydrogen-bond donors (Lipinski definition) is 2. The van der Waals surface area contributed by atoms with Crippen LogP contribution >= 0.6 is 11.6 Å². The molecule has 2 heterocycles. The van der Waals surface area contributed by atoms with Crippen LogP contribution < -0.4 is 5.32 Å². The molecule has 2 N–H and O–H groups in total. The third-order valence-electron chi connectivity index (χ3n) is 2.85. The lowest BCUT2D eigenvalue weighted by atomic mass is 10.1. The molecular weight excluding hydrogens is 308 g/mol. The third kappa shape index (κ3) is 2.59. The molecule has 0 radical (unpaired) electrons. The Morgan fingerprint density at radius 2 is 2.32 bits per heavy atom. The fraction of sp³-hybridized carbons (Fsp3) is 0. The molecule has 9 heteroatoms. The van der Waals surface area contributed by atoms with E-state index in [9.17, 15) is 4.79 Å². The minimum atomic E-state index is -0.414. The molecular formula is C13H9ClN6O2. The van der Waals surface area contributed by atoms with Crippen LogP contribution in [-0.2, 0) is 0 Å². The molecule has 0 fully saturated rings. The van der Waals surface area contributed by atoms with Crippen molar-refractivity contribution in [3.05, 3.63) is 47.3 Å². The summed E-state index contributed by atoms with van der Waals surface area (Å²) in [4.78, 5) is 12.3. The monoisotopic (exact) mass is 316 g/mol. The van der Waals surface area contributed by atoms with Crippen molar-refractivity contribution in [1.29, 1.82) is 0 Å². The van der Waals surface area contributed by atoms with Gasteiger partial charge in [0.25, 0.3) is 5.91 Å². The number of H-pyrrole nitrogens is 1. The molecule has 0 spiro atoms. The number of amides is 1. The van der Waals surface area contributed by atoms with Gasteiger partial charge in [-0.15, -0.1) is 10.2 Å². The first kappa shape index (κ1) is 14.0. The molecule has 1 amide bonds. The van der Waals surface area contributed by atoms with Gasteiger partial charge in [0.05, 0.1) is 5.69 Å². The van der Waals surface area contributed by atoms with Gasteiger partial charge in [-0.3, -0.25) is 4.79 Å². The lowest BCUT2D eigenvalue weighted by Crippen LogP contribution is -2.13. The summed E-state index contributed by atoms with van der Waals surface area (Å²) in [6.07, 6.45) is 2.67. The van der Waals surface area contributed by atoms with E-state index in [4.69, 9.17) is 16.1 Å². The summed E-state index contributed by atoms with van der Waals surface area (Å²) in [5.41, 5.74) is 1.62. The van der Waals surface area contributed by atoms with E-state index in [1.807, 2.05) is 0 Å². The largest absolute Gasteiger partial charge is 0.363 e. The Hall–Kier alpha value is -3.00.